The maximum absolute atomic E-state index is 3.77. The normalized spacial score (nSPS) is 13.0. The van der Waals surface area contributed by atoms with Crippen molar-refractivity contribution in [3.05, 3.63) is 60.7 Å². The largest absolute Gasteiger partial charge is 0.103 e. The van der Waals surface area contributed by atoms with E-state index in [-0.39, 0.29) is 0 Å². The molecule has 0 aliphatic carbocycles. The second-order valence-electron chi connectivity index (χ2n) is 3.07. The second-order valence-corrected chi connectivity index (χ2v) is 3.07. The first-order chi connectivity index (χ1) is 6.38. The number of hydrogen-bond donors (Lipinski definition) is 0. The Morgan fingerprint density at radius 1 is 1.31 bits per heavy atom. The lowest BCUT2D eigenvalue weighted by molar-refractivity contribution is 0.863. The molecule has 0 nitrogen and oxygen atoms in total. The summed E-state index contributed by atoms with van der Waals surface area (Å²) in [6.07, 6.45) is 7.30. The molecule has 0 radical (unpaired) electrons. The summed E-state index contributed by atoms with van der Waals surface area (Å²) in [4.78, 5) is 0. The minimum Gasteiger partial charge on any atom is -0.103 e. The van der Waals surface area contributed by atoms with Crippen LogP contribution in [0.2, 0.25) is 0 Å². The van der Waals surface area contributed by atoms with E-state index >= 15 is 0 Å². The van der Waals surface area contributed by atoms with Gasteiger partial charge in [-0.1, -0.05) is 48.6 Å². The summed E-state index contributed by atoms with van der Waals surface area (Å²) in [5.74, 6) is 0.490. The molecular weight excluding hydrogens is 156 g/mol. The molecule has 1 rings (SSSR count). The van der Waals surface area contributed by atoms with Crippen molar-refractivity contribution in [1.82, 2.24) is 0 Å². The van der Waals surface area contributed by atoms with Crippen molar-refractivity contribution in [3.8, 4) is 0 Å². The van der Waals surface area contributed by atoms with Crippen LogP contribution in [0.5, 0.6) is 0 Å². The Bertz CT molecular complexity index is 269. The molecule has 1 atom stereocenters. The second kappa shape index (κ2) is 5.36. The van der Waals surface area contributed by atoms with Crippen molar-refractivity contribution in [3.63, 3.8) is 0 Å². The van der Waals surface area contributed by atoms with Gasteiger partial charge >= 0.3 is 0 Å². The van der Waals surface area contributed by atoms with Crippen LogP contribution < -0.4 is 0 Å². The average molecular weight is 172 g/mol. The third-order valence-corrected chi connectivity index (χ3v) is 2.07. The van der Waals surface area contributed by atoms with Crippen molar-refractivity contribution in [1.29, 1.82) is 0 Å². The summed E-state index contributed by atoms with van der Waals surface area (Å²) in [7, 11) is 0. The summed E-state index contributed by atoms with van der Waals surface area (Å²) < 4.78 is 0. The van der Waals surface area contributed by atoms with E-state index in [4.69, 9.17) is 0 Å². The van der Waals surface area contributed by atoms with Gasteiger partial charge in [0.25, 0.3) is 0 Å². The smallest absolute Gasteiger partial charge is 0.00522 e. The molecule has 0 heterocycles. The molecule has 0 saturated carbocycles. The fourth-order valence-corrected chi connectivity index (χ4v) is 1.44. The lowest BCUT2D eigenvalue weighted by Crippen LogP contribution is -1.92. The predicted octanol–water partition coefficient (Wildman–Crippen LogP) is 3.92. The molecule has 68 valence electrons. The highest BCUT2D eigenvalue weighted by atomic mass is 14.1. The number of hydrogen-bond acceptors (Lipinski definition) is 0. The van der Waals surface area contributed by atoms with E-state index in [0.717, 1.165) is 6.42 Å². The summed E-state index contributed by atoms with van der Waals surface area (Å²) in [5, 5.41) is 0. The minimum absolute atomic E-state index is 0.490. The van der Waals surface area contributed by atoms with Crippen LogP contribution in [-0.4, -0.2) is 0 Å². The van der Waals surface area contributed by atoms with Crippen LogP contribution in [0, 0.1) is 0 Å². The number of rotatable bonds is 4. The summed E-state index contributed by atoms with van der Waals surface area (Å²) in [5.41, 5.74) is 1.36. The van der Waals surface area contributed by atoms with E-state index in [2.05, 4.69) is 49.9 Å². The topological polar surface area (TPSA) is 0 Å². The zero-order chi connectivity index (χ0) is 9.52. The highest BCUT2D eigenvalue weighted by molar-refractivity contribution is 5.24. The Labute approximate surface area is 80.6 Å². The first-order valence-corrected chi connectivity index (χ1v) is 4.67. The molecular formula is C13H16. The zero-order valence-corrected chi connectivity index (χ0v) is 8.11. The molecule has 0 spiro atoms. The van der Waals surface area contributed by atoms with E-state index in [1.54, 1.807) is 0 Å². The summed E-state index contributed by atoms with van der Waals surface area (Å²) in [6.45, 7) is 5.83. The highest BCUT2D eigenvalue weighted by Crippen LogP contribution is 2.20. The van der Waals surface area contributed by atoms with Gasteiger partial charge in [-0.3, -0.25) is 0 Å². The molecule has 0 aromatic heterocycles. The van der Waals surface area contributed by atoms with Crippen LogP contribution in [0.1, 0.15) is 24.8 Å². The lowest BCUT2D eigenvalue weighted by Gasteiger charge is -2.09. The fourth-order valence-electron chi connectivity index (χ4n) is 1.44. The maximum atomic E-state index is 3.77. The fraction of sp³-hybridized carbons (Fsp3) is 0.231. The Morgan fingerprint density at radius 2 is 2.00 bits per heavy atom. The van der Waals surface area contributed by atoms with Gasteiger partial charge < -0.3 is 0 Å². The third-order valence-electron chi connectivity index (χ3n) is 2.07. The van der Waals surface area contributed by atoms with Crippen molar-refractivity contribution in [2.45, 2.75) is 19.3 Å². The van der Waals surface area contributed by atoms with Gasteiger partial charge in [-0.15, -0.1) is 6.58 Å². The van der Waals surface area contributed by atoms with Crippen LogP contribution in [-0.2, 0) is 0 Å². The molecule has 0 aliphatic heterocycles. The van der Waals surface area contributed by atoms with Crippen molar-refractivity contribution in [2.75, 3.05) is 0 Å². The van der Waals surface area contributed by atoms with Crippen molar-refractivity contribution in [2.24, 2.45) is 0 Å². The Morgan fingerprint density at radius 3 is 2.54 bits per heavy atom. The monoisotopic (exact) mass is 172 g/mol. The molecule has 0 aliphatic rings. The van der Waals surface area contributed by atoms with Gasteiger partial charge in [0.05, 0.1) is 0 Å². The van der Waals surface area contributed by atoms with Gasteiger partial charge in [0, 0.05) is 5.92 Å². The van der Waals surface area contributed by atoms with Gasteiger partial charge in [0.1, 0.15) is 0 Å². The first kappa shape index (κ1) is 9.79. The van der Waals surface area contributed by atoms with Crippen LogP contribution in [0.15, 0.2) is 55.1 Å². The average Bonchev–Trinajstić information content (AvgIpc) is 2.19. The Balaban J connectivity index is 2.81. The SMILES string of the molecule is C=CCC(/C=C\C)c1ccccc1. The predicted molar refractivity (Wildman–Crippen MR) is 58.8 cm³/mol. The summed E-state index contributed by atoms with van der Waals surface area (Å²) in [6, 6.07) is 10.5. The maximum Gasteiger partial charge on any atom is 0.00522 e. The van der Waals surface area contributed by atoms with Gasteiger partial charge in [-0.25, -0.2) is 0 Å². The van der Waals surface area contributed by atoms with Gasteiger partial charge in [-0.2, -0.15) is 0 Å². The van der Waals surface area contributed by atoms with Gasteiger partial charge in [0.2, 0.25) is 0 Å². The molecule has 1 aromatic rings. The number of allylic oxidation sites excluding steroid dienone is 3. The van der Waals surface area contributed by atoms with Crippen molar-refractivity contribution >= 4 is 0 Å². The van der Waals surface area contributed by atoms with Crippen molar-refractivity contribution < 1.29 is 0 Å². The van der Waals surface area contributed by atoms with Crippen LogP contribution in [0.4, 0.5) is 0 Å². The molecule has 0 heteroatoms. The van der Waals surface area contributed by atoms with Crippen LogP contribution >= 0.6 is 0 Å². The highest BCUT2D eigenvalue weighted by Gasteiger charge is 2.03. The quantitative estimate of drug-likeness (QED) is 0.604. The lowest BCUT2D eigenvalue weighted by atomic mass is 9.95. The molecule has 1 unspecified atom stereocenters. The van der Waals surface area contributed by atoms with Gasteiger partial charge in [-0.05, 0) is 18.9 Å². The van der Waals surface area contributed by atoms with Crippen LogP contribution in [0.25, 0.3) is 0 Å². The molecule has 0 fully saturated rings. The van der Waals surface area contributed by atoms with E-state index in [1.165, 1.54) is 5.56 Å². The molecule has 0 N–H and O–H groups in total. The molecule has 1 aromatic carbocycles. The first-order valence-electron chi connectivity index (χ1n) is 4.67. The third kappa shape index (κ3) is 2.90. The molecule has 13 heavy (non-hydrogen) atoms. The van der Waals surface area contributed by atoms with E-state index in [1.807, 2.05) is 12.1 Å². The summed E-state index contributed by atoms with van der Waals surface area (Å²) >= 11 is 0. The molecule has 0 amide bonds. The minimum atomic E-state index is 0.490. The van der Waals surface area contributed by atoms with Gasteiger partial charge in [0.15, 0.2) is 0 Å². The zero-order valence-electron chi connectivity index (χ0n) is 8.11. The standard InChI is InChI=1S/C13H16/c1-3-8-12(9-4-2)13-10-6-5-7-11-13/h3-7,9-12H,1,8H2,2H3/b9-4-. The van der Waals surface area contributed by atoms with E-state index in [0.29, 0.717) is 5.92 Å². The Kier molecular flexibility index (Phi) is 4.04. The molecule has 0 saturated heterocycles. The van der Waals surface area contributed by atoms with E-state index < -0.39 is 0 Å². The Hall–Kier alpha value is -1.30. The number of benzene rings is 1. The van der Waals surface area contributed by atoms with E-state index in [9.17, 15) is 0 Å². The van der Waals surface area contributed by atoms with Crippen LogP contribution in [0.3, 0.4) is 0 Å². The molecule has 0 bridgehead atoms.